The molecular formula is C7H11F3O5S. The Hall–Kier alpha value is -0.830. The van der Waals surface area contributed by atoms with Crippen molar-refractivity contribution in [2.24, 2.45) is 0 Å². The Morgan fingerprint density at radius 3 is 2.31 bits per heavy atom. The van der Waals surface area contributed by atoms with Crippen LogP contribution < -0.4 is 0 Å². The maximum absolute atomic E-state index is 11.7. The number of hydrogen-bond acceptors (Lipinski definition) is 5. The summed E-state index contributed by atoms with van der Waals surface area (Å²) in [4.78, 5) is 10.7. The molecule has 96 valence electrons. The van der Waals surface area contributed by atoms with Crippen molar-refractivity contribution in [3.8, 4) is 0 Å². The fourth-order valence-corrected chi connectivity index (χ4v) is 0.950. The van der Waals surface area contributed by atoms with Gasteiger partial charge in [-0.1, -0.05) is 13.3 Å². The maximum Gasteiger partial charge on any atom is 0.523 e. The largest absolute Gasteiger partial charge is 0.523 e. The Balaban J connectivity index is 4.02. The molecule has 0 aromatic rings. The first-order valence-electron chi connectivity index (χ1n) is 4.32. The number of hydrogen-bond donors (Lipinski definition) is 0. The fourth-order valence-electron chi connectivity index (χ4n) is 0.565. The maximum atomic E-state index is 11.7. The highest BCUT2D eigenvalue weighted by atomic mass is 32.2. The van der Waals surface area contributed by atoms with Crippen LogP contribution in [0.1, 0.15) is 19.8 Å². The van der Waals surface area contributed by atoms with E-state index in [0.29, 0.717) is 6.42 Å². The van der Waals surface area contributed by atoms with Crippen LogP contribution in [0.2, 0.25) is 0 Å². The standard InChI is InChI=1S/C7H11F3O5S/c1-2-3-4-14-6(11)5-15-16(12,13)7(8,9)10/h2-5H2,1H3. The molecule has 5 nitrogen and oxygen atoms in total. The molecule has 0 N–H and O–H groups in total. The minimum absolute atomic E-state index is 0.0186. The zero-order chi connectivity index (χ0) is 12.8. The van der Waals surface area contributed by atoms with E-state index in [0.717, 1.165) is 6.42 Å². The van der Waals surface area contributed by atoms with Gasteiger partial charge in [0.25, 0.3) is 0 Å². The molecule has 9 heteroatoms. The molecule has 0 heterocycles. The minimum atomic E-state index is -5.72. The van der Waals surface area contributed by atoms with E-state index in [1.165, 1.54) is 0 Å². The summed E-state index contributed by atoms with van der Waals surface area (Å²) >= 11 is 0. The molecule has 0 aliphatic carbocycles. The molecule has 0 aromatic carbocycles. The van der Waals surface area contributed by atoms with Crippen LogP contribution in [0, 0.1) is 0 Å². The van der Waals surface area contributed by atoms with Gasteiger partial charge in [0.2, 0.25) is 0 Å². The average Bonchev–Trinajstić information content (AvgIpc) is 2.13. The second-order valence-corrected chi connectivity index (χ2v) is 4.34. The van der Waals surface area contributed by atoms with Gasteiger partial charge in [0.05, 0.1) is 6.61 Å². The smallest absolute Gasteiger partial charge is 0.464 e. The summed E-state index contributed by atoms with van der Waals surface area (Å²) in [7, 11) is -5.72. The van der Waals surface area contributed by atoms with Gasteiger partial charge >= 0.3 is 21.6 Å². The van der Waals surface area contributed by atoms with Gasteiger partial charge in [0.1, 0.15) is 0 Å². The Morgan fingerprint density at radius 2 is 1.88 bits per heavy atom. The van der Waals surface area contributed by atoms with Crippen molar-refractivity contribution in [3.05, 3.63) is 0 Å². The van der Waals surface area contributed by atoms with E-state index in [1.807, 2.05) is 6.92 Å². The Morgan fingerprint density at radius 1 is 1.31 bits per heavy atom. The van der Waals surface area contributed by atoms with Crippen molar-refractivity contribution in [3.63, 3.8) is 0 Å². The molecule has 0 saturated heterocycles. The van der Waals surface area contributed by atoms with Crippen LogP contribution in [0.4, 0.5) is 13.2 Å². The molecule has 0 aliphatic rings. The highest BCUT2D eigenvalue weighted by molar-refractivity contribution is 7.87. The molecule has 16 heavy (non-hydrogen) atoms. The summed E-state index contributed by atoms with van der Waals surface area (Å²) in [5.74, 6) is -1.15. The quantitative estimate of drug-likeness (QED) is 0.312. The topological polar surface area (TPSA) is 69.7 Å². The predicted octanol–water partition coefficient (Wildman–Crippen LogP) is 1.20. The first-order chi connectivity index (χ1) is 7.20. The zero-order valence-corrected chi connectivity index (χ0v) is 9.23. The lowest BCUT2D eigenvalue weighted by Gasteiger charge is -2.08. The van der Waals surface area contributed by atoms with Gasteiger partial charge in [-0.3, -0.25) is 4.18 Å². The van der Waals surface area contributed by atoms with Crippen molar-refractivity contribution in [2.45, 2.75) is 25.3 Å². The highest BCUT2D eigenvalue weighted by Crippen LogP contribution is 2.24. The van der Waals surface area contributed by atoms with E-state index in [2.05, 4.69) is 8.92 Å². The molecule has 0 radical (unpaired) electrons. The third kappa shape index (κ3) is 5.31. The Bertz CT molecular complexity index is 321. The van der Waals surface area contributed by atoms with E-state index in [9.17, 15) is 26.4 Å². The summed E-state index contributed by atoms with van der Waals surface area (Å²) in [6.07, 6.45) is 1.27. The summed E-state index contributed by atoms with van der Waals surface area (Å²) in [6, 6.07) is 0. The van der Waals surface area contributed by atoms with Crippen LogP contribution in [-0.4, -0.2) is 33.1 Å². The average molecular weight is 264 g/mol. The first-order valence-corrected chi connectivity index (χ1v) is 5.73. The number of alkyl halides is 3. The molecule has 0 aromatic heterocycles. The fraction of sp³-hybridized carbons (Fsp3) is 0.857. The van der Waals surface area contributed by atoms with E-state index in [4.69, 9.17) is 0 Å². The molecule has 0 amide bonds. The third-order valence-corrected chi connectivity index (χ3v) is 2.37. The number of rotatable bonds is 6. The van der Waals surface area contributed by atoms with Crippen LogP contribution in [0.25, 0.3) is 0 Å². The van der Waals surface area contributed by atoms with Gasteiger partial charge in [-0.15, -0.1) is 0 Å². The van der Waals surface area contributed by atoms with Crippen molar-refractivity contribution < 1.29 is 35.3 Å². The number of carbonyl (C=O) groups excluding carboxylic acids is 1. The van der Waals surface area contributed by atoms with Crippen LogP contribution in [0.5, 0.6) is 0 Å². The molecule has 0 rings (SSSR count). The zero-order valence-electron chi connectivity index (χ0n) is 8.41. The van der Waals surface area contributed by atoms with E-state index >= 15 is 0 Å². The number of ether oxygens (including phenoxy) is 1. The van der Waals surface area contributed by atoms with Crippen molar-refractivity contribution in [1.29, 1.82) is 0 Å². The number of halogens is 3. The van der Waals surface area contributed by atoms with Crippen LogP contribution in [-0.2, 0) is 23.8 Å². The highest BCUT2D eigenvalue weighted by Gasteiger charge is 2.47. The Labute approximate surface area is 90.6 Å². The molecule has 0 unspecified atom stereocenters. The minimum Gasteiger partial charge on any atom is -0.464 e. The number of carbonyl (C=O) groups is 1. The monoisotopic (exact) mass is 264 g/mol. The first kappa shape index (κ1) is 15.2. The molecule has 0 spiro atoms. The lowest BCUT2D eigenvalue weighted by Crippen LogP contribution is -2.28. The summed E-state index contributed by atoms with van der Waals surface area (Å²) in [5, 5.41) is 0. The van der Waals surface area contributed by atoms with Crippen molar-refractivity contribution in [2.75, 3.05) is 13.2 Å². The molecule has 0 aliphatic heterocycles. The van der Waals surface area contributed by atoms with E-state index in [1.54, 1.807) is 0 Å². The molecule has 0 saturated carbocycles. The predicted molar refractivity (Wildman–Crippen MR) is 46.8 cm³/mol. The second-order valence-electron chi connectivity index (χ2n) is 2.74. The number of unbranched alkanes of at least 4 members (excludes halogenated alkanes) is 1. The van der Waals surface area contributed by atoms with Gasteiger partial charge in [0.15, 0.2) is 6.61 Å². The van der Waals surface area contributed by atoms with Crippen LogP contribution in [0.3, 0.4) is 0 Å². The van der Waals surface area contributed by atoms with Gasteiger partial charge in [0, 0.05) is 0 Å². The summed E-state index contributed by atoms with van der Waals surface area (Å²) in [5.41, 5.74) is -5.53. The third-order valence-electron chi connectivity index (χ3n) is 1.38. The van der Waals surface area contributed by atoms with Crippen LogP contribution in [0.15, 0.2) is 0 Å². The summed E-state index contributed by atoms with van der Waals surface area (Å²) < 4.78 is 63.7. The van der Waals surface area contributed by atoms with E-state index in [-0.39, 0.29) is 6.61 Å². The Kier molecular flexibility index (Phi) is 5.73. The van der Waals surface area contributed by atoms with Gasteiger partial charge in [-0.05, 0) is 6.42 Å². The van der Waals surface area contributed by atoms with Gasteiger partial charge in [-0.2, -0.15) is 21.6 Å². The van der Waals surface area contributed by atoms with Crippen LogP contribution >= 0.6 is 0 Å². The lowest BCUT2D eigenvalue weighted by molar-refractivity contribution is -0.146. The molecule has 0 atom stereocenters. The summed E-state index contributed by atoms with van der Waals surface area (Å²) in [6.45, 7) is 0.564. The van der Waals surface area contributed by atoms with Crippen molar-refractivity contribution in [1.82, 2.24) is 0 Å². The SMILES string of the molecule is CCCCOC(=O)COS(=O)(=O)C(F)(F)F. The second kappa shape index (κ2) is 6.04. The van der Waals surface area contributed by atoms with Gasteiger partial charge in [-0.25, -0.2) is 4.79 Å². The number of esters is 1. The van der Waals surface area contributed by atoms with Gasteiger partial charge < -0.3 is 4.74 Å². The van der Waals surface area contributed by atoms with E-state index < -0.39 is 28.2 Å². The molecule has 0 fully saturated rings. The van der Waals surface area contributed by atoms with Crippen molar-refractivity contribution >= 4 is 16.1 Å². The lowest BCUT2D eigenvalue weighted by atomic mass is 10.4. The normalized spacial score (nSPS) is 12.5. The molecular weight excluding hydrogens is 253 g/mol. The molecule has 0 bridgehead atoms.